The largest absolute Gasteiger partial charge is 0.457 e. The van der Waals surface area contributed by atoms with Crippen LogP contribution in [0.3, 0.4) is 0 Å². The fourth-order valence-corrected chi connectivity index (χ4v) is 3.91. The zero-order valence-electron chi connectivity index (χ0n) is 19.7. The summed E-state index contributed by atoms with van der Waals surface area (Å²) in [6.07, 6.45) is 2.47. The summed E-state index contributed by atoms with van der Waals surface area (Å²) in [6, 6.07) is 23.2. The summed E-state index contributed by atoms with van der Waals surface area (Å²) in [7, 11) is 0. The van der Waals surface area contributed by atoms with E-state index in [-0.39, 0.29) is 18.4 Å². The zero-order valence-corrected chi connectivity index (χ0v) is 19.7. The van der Waals surface area contributed by atoms with Crippen molar-refractivity contribution in [2.24, 2.45) is 0 Å². The molecule has 1 fully saturated rings. The van der Waals surface area contributed by atoms with Crippen LogP contribution < -0.4 is 15.4 Å². The number of nitrogens with zero attached hydrogens (tertiary/aromatic N) is 1. The van der Waals surface area contributed by atoms with Crippen molar-refractivity contribution in [2.75, 3.05) is 23.7 Å². The van der Waals surface area contributed by atoms with Crippen LogP contribution in [0.5, 0.6) is 11.5 Å². The van der Waals surface area contributed by atoms with Crippen molar-refractivity contribution < 1.29 is 14.3 Å². The summed E-state index contributed by atoms with van der Waals surface area (Å²) in [5, 5.41) is 5.98. The van der Waals surface area contributed by atoms with Gasteiger partial charge in [0.05, 0.1) is 6.54 Å². The highest BCUT2D eigenvalue weighted by Crippen LogP contribution is 2.27. The molecule has 0 atom stereocenters. The molecule has 34 heavy (non-hydrogen) atoms. The zero-order chi connectivity index (χ0) is 23.9. The monoisotopic (exact) mass is 457 g/mol. The number of carbonyl (C=O) groups is 2. The number of amides is 2. The van der Waals surface area contributed by atoms with E-state index in [1.54, 1.807) is 0 Å². The predicted molar refractivity (Wildman–Crippen MR) is 135 cm³/mol. The lowest BCUT2D eigenvalue weighted by Crippen LogP contribution is -2.37. The van der Waals surface area contributed by atoms with Crippen molar-refractivity contribution >= 4 is 23.2 Å². The van der Waals surface area contributed by atoms with Gasteiger partial charge in [0.25, 0.3) is 0 Å². The molecule has 6 nitrogen and oxygen atoms in total. The van der Waals surface area contributed by atoms with E-state index in [9.17, 15) is 9.59 Å². The van der Waals surface area contributed by atoms with E-state index in [2.05, 4.69) is 15.5 Å². The van der Waals surface area contributed by atoms with Gasteiger partial charge >= 0.3 is 0 Å². The van der Waals surface area contributed by atoms with Gasteiger partial charge in [0.1, 0.15) is 11.5 Å². The molecular formula is C28H31N3O3. The first kappa shape index (κ1) is 23.5. The lowest BCUT2D eigenvalue weighted by Gasteiger charge is -2.22. The molecule has 0 spiro atoms. The van der Waals surface area contributed by atoms with Crippen molar-refractivity contribution in [2.45, 2.75) is 39.2 Å². The molecule has 0 aromatic heterocycles. The number of carbonyl (C=O) groups excluding carboxylic acids is 2. The van der Waals surface area contributed by atoms with Gasteiger partial charge in [-0.25, -0.2) is 0 Å². The number of rotatable bonds is 10. The van der Waals surface area contributed by atoms with Crippen LogP contribution in [0.1, 0.15) is 30.4 Å². The Balaban J connectivity index is 1.26. The van der Waals surface area contributed by atoms with E-state index in [1.807, 2.05) is 86.6 Å². The molecule has 1 aliphatic rings. The van der Waals surface area contributed by atoms with Gasteiger partial charge < -0.3 is 15.4 Å². The Morgan fingerprint density at radius 2 is 1.47 bits per heavy atom. The third kappa shape index (κ3) is 6.68. The minimum atomic E-state index is -0.0717. The highest BCUT2D eigenvalue weighted by molar-refractivity contribution is 5.94. The van der Waals surface area contributed by atoms with E-state index in [4.69, 9.17) is 4.74 Å². The summed E-state index contributed by atoms with van der Waals surface area (Å²) in [6.45, 7) is 4.82. The molecule has 3 aromatic carbocycles. The Kier molecular flexibility index (Phi) is 7.60. The predicted octanol–water partition coefficient (Wildman–Crippen LogP) is 5.53. The quantitative estimate of drug-likeness (QED) is 0.420. The van der Waals surface area contributed by atoms with Crippen molar-refractivity contribution in [3.63, 3.8) is 0 Å². The topological polar surface area (TPSA) is 70.7 Å². The number of hydrogen-bond acceptors (Lipinski definition) is 4. The molecule has 0 radical (unpaired) electrons. The van der Waals surface area contributed by atoms with E-state index >= 15 is 0 Å². The van der Waals surface area contributed by atoms with Gasteiger partial charge in [-0.3, -0.25) is 14.5 Å². The first-order chi connectivity index (χ1) is 16.5. The van der Waals surface area contributed by atoms with Crippen LogP contribution in [-0.2, 0) is 9.59 Å². The minimum absolute atomic E-state index is 0.0429. The highest BCUT2D eigenvalue weighted by Gasteiger charge is 2.30. The normalized spacial score (nSPS) is 12.9. The average Bonchev–Trinajstić information content (AvgIpc) is 3.67. The Morgan fingerprint density at radius 1 is 0.824 bits per heavy atom. The van der Waals surface area contributed by atoms with Crippen LogP contribution in [0.2, 0.25) is 0 Å². The smallest absolute Gasteiger partial charge is 0.238 e. The lowest BCUT2D eigenvalue weighted by molar-refractivity contribution is -0.119. The number of anilines is 2. The fraction of sp³-hybridized carbons (Fsp3) is 0.286. The number of nitrogens with one attached hydrogen (secondary N) is 2. The lowest BCUT2D eigenvalue weighted by atomic mass is 10.1. The van der Waals surface area contributed by atoms with Crippen LogP contribution in [0, 0.1) is 13.8 Å². The van der Waals surface area contributed by atoms with E-state index in [0.29, 0.717) is 24.8 Å². The second kappa shape index (κ2) is 11.0. The summed E-state index contributed by atoms with van der Waals surface area (Å²) in [5.41, 5.74) is 3.69. The second-order valence-corrected chi connectivity index (χ2v) is 8.75. The molecule has 6 heteroatoms. The molecule has 0 unspecified atom stereocenters. The summed E-state index contributed by atoms with van der Waals surface area (Å²) in [4.78, 5) is 27.3. The Labute approximate surface area is 200 Å². The SMILES string of the molecule is Cc1cccc(C)c1NC(=O)CN(CCC(=O)Nc1ccc(Oc2ccccc2)cc1)C1CC1. The van der Waals surface area contributed by atoms with Gasteiger partial charge in [0.2, 0.25) is 11.8 Å². The van der Waals surface area contributed by atoms with Crippen LogP contribution >= 0.6 is 0 Å². The van der Waals surface area contributed by atoms with E-state index in [0.717, 1.165) is 41.1 Å². The van der Waals surface area contributed by atoms with Gasteiger partial charge in [0, 0.05) is 30.4 Å². The summed E-state index contributed by atoms with van der Waals surface area (Å²) < 4.78 is 5.79. The number of benzene rings is 3. The van der Waals surface area contributed by atoms with Crippen LogP contribution in [-0.4, -0.2) is 35.8 Å². The van der Waals surface area contributed by atoms with Gasteiger partial charge in [-0.15, -0.1) is 0 Å². The molecule has 2 N–H and O–H groups in total. The molecule has 0 heterocycles. The molecule has 0 saturated heterocycles. The maximum absolute atomic E-state index is 12.7. The first-order valence-corrected chi connectivity index (χ1v) is 11.7. The maximum atomic E-state index is 12.7. The van der Waals surface area contributed by atoms with Crippen molar-refractivity contribution in [3.8, 4) is 11.5 Å². The van der Waals surface area contributed by atoms with Gasteiger partial charge in [-0.05, 0) is 74.2 Å². The van der Waals surface area contributed by atoms with Crippen LogP contribution in [0.25, 0.3) is 0 Å². The Bertz CT molecular complexity index is 1110. The third-order valence-electron chi connectivity index (χ3n) is 5.90. The number of para-hydroxylation sites is 2. The summed E-state index contributed by atoms with van der Waals surface area (Å²) in [5.74, 6) is 1.36. The molecule has 176 valence electrons. The number of aryl methyl sites for hydroxylation is 2. The third-order valence-corrected chi connectivity index (χ3v) is 5.90. The number of ether oxygens (including phenoxy) is 1. The standard InChI is InChI=1S/C28H31N3O3/c1-20-7-6-8-21(2)28(20)30-27(33)19-31(23-13-14-23)18-17-26(32)29-22-11-15-25(16-12-22)34-24-9-4-3-5-10-24/h3-12,15-16,23H,13-14,17-19H2,1-2H3,(H,29,32)(H,30,33). The molecule has 4 rings (SSSR count). The van der Waals surface area contributed by atoms with Gasteiger partial charge in [0.15, 0.2) is 0 Å². The molecule has 3 aromatic rings. The van der Waals surface area contributed by atoms with Crippen molar-refractivity contribution in [3.05, 3.63) is 83.9 Å². The minimum Gasteiger partial charge on any atom is -0.457 e. The molecular weight excluding hydrogens is 426 g/mol. The summed E-state index contributed by atoms with van der Waals surface area (Å²) >= 11 is 0. The first-order valence-electron chi connectivity index (χ1n) is 11.7. The van der Waals surface area contributed by atoms with Crippen LogP contribution in [0.4, 0.5) is 11.4 Å². The van der Waals surface area contributed by atoms with Crippen LogP contribution in [0.15, 0.2) is 72.8 Å². The number of hydrogen-bond donors (Lipinski definition) is 2. The fourth-order valence-electron chi connectivity index (χ4n) is 3.91. The van der Waals surface area contributed by atoms with Crippen molar-refractivity contribution in [1.82, 2.24) is 4.90 Å². The highest BCUT2D eigenvalue weighted by atomic mass is 16.5. The van der Waals surface area contributed by atoms with E-state index < -0.39 is 0 Å². The van der Waals surface area contributed by atoms with Gasteiger partial charge in [-0.1, -0.05) is 36.4 Å². The van der Waals surface area contributed by atoms with Gasteiger partial charge in [-0.2, -0.15) is 0 Å². The second-order valence-electron chi connectivity index (χ2n) is 8.75. The molecule has 0 bridgehead atoms. The molecule has 0 aliphatic heterocycles. The average molecular weight is 458 g/mol. The maximum Gasteiger partial charge on any atom is 0.238 e. The Hall–Kier alpha value is -3.64. The molecule has 2 amide bonds. The van der Waals surface area contributed by atoms with E-state index in [1.165, 1.54) is 0 Å². The van der Waals surface area contributed by atoms with Crippen molar-refractivity contribution in [1.29, 1.82) is 0 Å². The molecule has 1 saturated carbocycles. The Morgan fingerprint density at radius 3 is 2.12 bits per heavy atom. The molecule has 1 aliphatic carbocycles.